The van der Waals surface area contributed by atoms with Gasteiger partial charge in [0, 0.05) is 5.02 Å². The van der Waals surface area contributed by atoms with E-state index in [0.717, 1.165) is 5.56 Å². The van der Waals surface area contributed by atoms with Crippen molar-refractivity contribution in [3.05, 3.63) is 81.0 Å². The Bertz CT molecular complexity index is 736. The van der Waals surface area contributed by atoms with Gasteiger partial charge in [0.05, 0.1) is 5.56 Å². The molecule has 20 heavy (non-hydrogen) atoms. The van der Waals surface area contributed by atoms with Crippen molar-refractivity contribution in [2.45, 2.75) is 0 Å². The Morgan fingerprint density at radius 3 is 2.60 bits per heavy atom. The van der Waals surface area contributed by atoms with Crippen LogP contribution < -0.4 is 5.43 Å². The van der Waals surface area contributed by atoms with E-state index in [-0.39, 0.29) is 5.56 Å². The molecule has 0 aromatic heterocycles. The largest absolute Gasteiger partial charge is 0.504 e. The van der Waals surface area contributed by atoms with Crippen LogP contribution >= 0.6 is 11.6 Å². The Kier molecular flexibility index (Phi) is 4.33. The van der Waals surface area contributed by atoms with Crippen molar-refractivity contribution >= 4 is 23.5 Å². The molecule has 0 aliphatic heterocycles. The summed E-state index contributed by atoms with van der Waals surface area (Å²) in [6, 6.07) is 12.6. The molecule has 0 spiro atoms. The lowest BCUT2D eigenvalue weighted by atomic mass is 10.1. The van der Waals surface area contributed by atoms with Crippen LogP contribution in [0.15, 0.2) is 59.4 Å². The van der Waals surface area contributed by atoms with Crippen LogP contribution in [0.25, 0.3) is 6.08 Å². The molecule has 0 atom stereocenters. The highest BCUT2D eigenvalue weighted by Crippen LogP contribution is 2.14. The summed E-state index contributed by atoms with van der Waals surface area (Å²) in [4.78, 5) is 23.4. The number of halogens is 1. The summed E-state index contributed by atoms with van der Waals surface area (Å²) < 4.78 is 0. The zero-order chi connectivity index (χ0) is 14.5. The quantitative estimate of drug-likeness (QED) is 0.696. The summed E-state index contributed by atoms with van der Waals surface area (Å²) in [5.41, 5.74) is 0.140. The molecule has 2 aromatic rings. The van der Waals surface area contributed by atoms with Gasteiger partial charge in [-0.25, -0.2) is 0 Å². The first-order valence-electron chi connectivity index (χ1n) is 5.88. The van der Waals surface area contributed by atoms with E-state index >= 15 is 0 Å². The molecule has 0 aliphatic carbocycles. The minimum atomic E-state index is -0.588. The van der Waals surface area contributed by atoms with Gasteiger partial charge in [0.1, 0.15) is 0 Å². The maximum atomic E-state index is 12.0. The van der Waals surface area contributed by atoms with Gasteiger partial charge in [-0.05, 0) is 35.9 Å². The lowest BCUT2D eigenvalue weighted by Gasteiger charge is -1.96. The van der Waals surface area contributed by atoms with Gasteiger partial charge in [-0.3, -0.25) is 9.59 Å². The van der Waals surface area contributed by atoms with Crippen molar-refractivity contribution in [2.24, 2.45) is 0 Å². The van der Waals surface area contributed by atoms with Crippen molar-refractivity contribution < 1.29 is 9.90 Å². The molecule has 0 fully saturated rings. The van der Waals surface area contributed by atoms with E-state index in [1.54, 1.807) is 30.3 Å². The lowest BCUT2D eigenvalue weighted by molar-refractivity contribution is 0.104. The molecule has 2 aromatic carbocycles. The molecule has 2 rings (SSSR count). The van der Waals surface area contributed by atoms with E-state index in [2.05, 4.69) is 0 Å². The van der Waals surface area contributed by atoms with Gasteiger partial charge in [0.25, 0.3) is 0 Å². The van der Waals surface area contributed by atoms with Gasteiger partial charge >= 0.3 is 0 Å². The first-order valence-corrected chi connectivity index (χ1v) is 6.26. The van der Waals surface area contributed by atoms with Crippen LogP contribution in [0.2, 0.25) is 5.02 Å². The molecule has 0 saturated heterocycles. The topological polar surface area (TPSA) is 54.4 Å². The molecule has 3 nitrogen and oxygen atoms in total. The highest BCUT2D eigenvalue weighted by Gasteiger charge is 2.09. The van der Waals surface area contributed by atoms with Crippen LogP contribution in [0.4, 0.5) is 0 Å². The van der Waals surface area contributed by atoms with E-state index in [4.69, 9.17) is 11.6 Å². The number of hydrogen-bond acceptors (Lipinski definition) is 3. The van der Waals surface area contributed by atoms with Crippen LogP contribution in [0.1, 0.15) is 15.9 Å². The first kappa shape index (κ1) is 14.0. The van der Waals surface area contributed by atoms with Crippen LogP contribution in [0, 0.1) is 0 Å². The van der Waals surface area contributed by atoms with Crippen molar-refractivity contribution in [2.75, 3.05) is 0 Å². The van der Waals surface area contributed by atoms with Gasteiger partial charge < -0.3 is 5.11 Å². The number of benzene rings is 1. The average molecular weight is 287 g/mol. The molecule has 0 radical (unpaired) electrons. The number of rotatable bonds is 3. The van der Waals surface area contributed by atoms with Crippen molar-refractivity contribution in [3.63, 3.8) is 0 Å². The molecule has 100 valence electrons. The van der Waals surface area contributed by atoms with E-state index in [9.17, 15) is 14.7 Å². The van der Waals surface area contributed by atoms with Gasteiger partial charge in [0.15, 0.2) is 11.5 Å². The highest BCUT2D eigenvalue weighted by atomic mass is 35.5. The van der Waals surface area contributed by atoms with Crippen molar-refractivity contribution in [1.29, 1.82) is 0 Å². The fourth-order valence-electron chi connectivity index (χ4n) is 1.66. The molecule has 0 aliphatic rings. The Hall–Kier alpha value is -2.39. The average Bonchev–Trinajstić information content (AvgIpc) is 2.59. The van der Waals surface area contributed by atoms with E-state index in [0.29, 0.717) is 5.02 Å². The number of carbonyl (C=O) groups is 1. The standard InChI is InChI=1S/C16H11ClO3/c17-12-5-3-4-11(10-12)8-9-14(18)13-6-1-2-7-15(19)16(13)20/h1-10H,(H,19,20)/b9-8+. The molecule has 0 unspecified atom stereocenters. The number of aromatic hydroxyl groups is 1. The fourth-order valence-corrected chi connectivity index (χ4v) is 1.85. The van der Waals surface area contributed by atoms with Crippen LogP contribution in [-0.2, 0) is 0 Å². The SMILES string of the molecule is O=C(/C=C/c1cccc(Cl)c1)c1ccccc(=O)c1O. The highest BCUT2D eigenvalue weighted by molar-refractivity contribution is 6.30. The first-order chi connectivity index (χ1) is 9.58. The molecule has 0 heterocycles. The van der Waals surface area contributed by atoms with Crippen LogP contribution in [0.3, 0.4) is 0 Å². The van der Waals surface area contributed by atoms with Crippen molar-refractivity contribution in [1.82, 2.24) is 0 Å². The third-order valence-electron chi connectivity index (χ3n) is 2.65. The third-order valence-corrected chi connectivity index (χ3v) is 2.89. The van der Waals surface area contributed by atoms with Crippen molar-refractivity contribution in [3.8, 4) is 5.75 Å². The molecule has 4 heteroatoms. The molecule has 1 N–H and O–H groups in total. The smallest absolute Gasteiger partial charge is 0.220 e. The van der Waals surface area contributed by atoms with Gasteiger partial charge in [-0.1, -0.05) is 41.9 Å². The fraction of sp³-hybridized carbons (Fsp3) is 0. The molecular weight excluding hydrogens is 276 g/mol. The lowest BCUT2D eigenvalue weighted by Crippen LogP contribution is -2.01. The second-order valence-corrected chi connectivity index (χ2v) is 4.53. The maximum Gasteiger partial charge on any atom is 0.220 e. The molecule has 0 bridgehead atoms. The number of carbonyl (C=O) groups excluding carboxylic acids is 1. The Morgan fingerprint density at radius 1 is 1.10 bits per heavy atom. The summed E-state index contributed by atoms with van der Waals surface area (Å²) in [6.07, 6.45) is 2.87. The van der Waals surface area contributed by atoms with E-state index < -0.39 is 17.0 Å². The van der Waals surface area contributed by atoms with E-state index in [1.165, 1.54) is 30.3 Å². The van der Waals surface area contributed by atoms with Gasteiger partial charge in [-0.2, -0.15) is 0 Å². The summed E-state index contributed by atoms with van der Waals surface area (Å²) >= 11 is 5.84. The second-order valence-electron chi connectivity index (χ2n) is 4.10. The van der Waals surface area contributed by atoms with E-state index in [1.807, 2.05) is 0 Å². The Labute approximate surface area is 120 Å². The molecule has 0 saturated carbocycles. The minimum absolute atomic E-state index is 0.0294. The minimum Gasteiger partial charge on any atom is -0.504 e. The van der Waals surface area contributed by atoms with Crippen LogP contribution in [-0.4, -0.2) is 10.9 Å². The monoisotopic (exact) mass is 286 g/mol. The predicted octanol–water partition coefficient (Wildman–Crippen LogP) is 3.30. The molecular formula is C16H11ClO3. The van der Waals surface area contributed by atoms with Gasteiger partial charge in [0.2, 0.25) is 5.43 Å². The van der Waals surface area contributed by atoms with Crippen LogP contribution in [0.5, 0.6) is 5.75 Å². The third kappa shape index (κ3) is 3.33. The second kappa shape index (κ2) is 6.17. The zero-order valence-electron chi connectivity index (χ0n) is 10.4. The summed E-state index contributed by atoms with van der Waals surface area (Å²) in [5, 5.41) is 10.2. The maximum absolute atomic E-state index is 12.0. The number of allylic oxidation sites excluding steroid dienone is 1. The molecule has 0 amide bonds. The summed E-state index contributed by atoms with van der Waals surface area (Å²) in [6.45, 7) is 0. The normalized spacial score (nSPS) is 10.7. The zero-order valence-corrected chi connectivity index (χ0v) is 11.2. The number of hydrogen-bond donors (Lipinski definition) is 1. The Balaban J connectivity index is 2.32. The summed E-state index contributed by atoms with van der Waals surface area (Å²) in [7, 11) is 0. The number of ketones is 1. The Morgan fingerprint density at radius 2 is 1.85 bits per heavy atom. The summed E-state index contributed by atoms with van der Waals surface area (Å²) in [5.74, 6) is -0.994. The van der Waals surface area contributed by atoms with Gasteiger partial charge in [-0.15, -0.1) is 0 Å². The predicted molar refractivity (Wildman–Crippen MR) is 79.2 cm³/mol.